The van der Waals surface area contributed by atoms with E-state index < -0.39 is 5.60 Å². The Kier molecular flexibility index (Phi) is 9.03. The van der Waals surface area contributed by atoms with Gasteiger partial charge >= 0.3 is 5.97 Å². The van der Waals surface area contributed by atoms with E-state index in [2.05, 4.69) is 25.8 Å². The molecule has 37 heavy (non-hydrogen) atoms. The Morgan fingerprint density at radius 2 is 1.81 bits per heavy atom. The van der Waals surface area contributed by atoms with Gasteiger partial charge in [0.2, 0.25) is 0 Å². The lowest BCUT2D eigenvalue weighted by atomic mass is 9.80. The number of hydrogen-bond donors (Lipinski definition) is 0. The lowest BCUT2D eigenvalue weighted by molar-refractivity contribution is -0.156. The van der Waals surface area contributed by atoms with Crippen LogP contribution in [0.2, 0.25) is 5.15 Å². The van der Waals surface area contributed by atoms with Crippen molar-refractivity contribution in [2.75, 3.05) is 50.7 Å². The molecule has 2 fully saturated rings. The second-order valence-corrected chi connectivity index (χ2v) is 11.4. The molecule has 0 saturated carbocycles. The molecule has 2 aromatic rings. The molecule has 0 unspecified atom stereocenters. The van der Waals surface area contributed by atoms with E-state index in [9.17, 15) is 9.59 Å². The molecule has 2 aliphatic heterocycles. The number of ether oxygens (including phenoxy) is 1. The number of hydrogen-bond acceptors (Lipinski definition) is 7. The van der Waals surface area contributed by atoms with Gasteiger partial charge in [0, 0.05) is 63.6 Å². The number of esters is 1. The number of rotatable bonds is 7. The van der Waals surface area contributed by atoms with E-state index in [4.69, 9.17) is 16.3 Å². The lowest BCUT2D eigenvalue weighted by Gasteiger charge is -2.40. The molecule has 9 heteroatoms. The highest BCUT2D eigenvalue weighted by atomic mass is 35.5. The molecule has 200 valence electrons. The van der Waals surface area contributed by atoms with Crippen LogP contribution in [0.15, 0.2) is 42.7 Å². The van der Waals surface area contributed by atoms with E-state index in [1.807, 2.05) is 44.0 Å². The fraction of sp³-hybridized carbons (Fsp3) is 0.571. The number of piperidine rings is 1. The number of anilines is 1. The summed E-state index contributed by atoms with van der Waals surface area (Å²) in [6.45, 7) is 11.7. The average Bonchev–Trinajstić information content (AvgIpc) is 2.87. The van der Waals surface area contributed by atoms with Crippen molar-refractivity contribution in [3.63, 3.8) is 0 Å². The summed E-state index contributed by atoms with van der Waals surface area (Å²) in [7, 11) is 0. The van der Waals surface area contributed by atoms with Crippen molar-refractivity contribution in [1.29, 1.82) is 0 Å². The molecule has 2 aromatic heterocycles. The van der Waals surface area contributed by atoms with Gasteiger partial charge in [0.1, 0.15) is 16.6 Å². The summed E-state index contributed by atoms with van der Waals surface area (Å²) in [5, 5.41) is 0.312. The molecule has 0 spiro atoms. The number of likely N-dealkylation sites (tertiary alicyclic amines) is 1. The first-order chi connectivity index (χ1) is 17.7. The Labute approximate surface area is 225 Å². The van der Waals surface area contributed by atoms with Crippen LogP contribution in [-0.4, -0.2) is 83.1 Å². The molecule has 0 radical (unpaired) electrons. The van der Waals surface area contributed by atoms with Crippen molar-refractivity contribution < 1.29 is 14.3 Å². The Balaban J connectivity index is 1.37. The number of carbonyl (C=O) groups excluding carboxylic acids is 2. The van der Waals surface area contributed by atoms with Crippen LogP contribution in [-0.2, 0) is 9.53 Å². The van der Waals surface area contributed by atoms with E-state index >= 15 is 0 Å². The first kappa shape index (κ1) is 27.3. The molecule has 0 aliphatic carbocycles. The number of amides is 1. The molecule has 4 rings (SSSR count). The Bertz CT molecular complexity index is 1050. The quantitative estimate of drug-likeness (QED) is 0.395. The van der Waals surface area contributed by atoms with Gasteiger partial charge in [0.05, 0.1) is 0 Å². The zero-order valence-corrected chi connectivity index (χ0v) is 22.9. The second kappa shape index (κ2) is 12.2. The third kappa shape index (κ3) is 7.89. The summed E-state index contributed by atoms with van der Waals surface area (Å²) in [5.41, 5.74) is 0.0481. The molecule has 4 heterocycles. The summed E-state index contributed by atoms with van der Waals surface area (Å²) >= 11 is 6.03. The van der Waals surface area contributed by atoms with Gasteiger partial charge in [-0.1, -0.05) is 17.7 Å². The largest absolute Gasteiger partial charge is 0.460 e. The highest BCUT2D eigenvalue weighted by molar-refractivity contribution is 6.29. The SMILES string of the molecule is CC(C)(C)OC(=O)C[C@H]1CCN(C(=O)c2ccnc(Cl)c2)C[C@@H]1CCN1CCN(c2ccccn2)CC1. The number of carbonyl (C=O) groups is 2. The van der Waals surface area contributed by atoms with E-state index in [-0.39, 0.29) is 23.7 Å². The molecule has 0 N–H and O–H groups in total. The van der Waals surface area contributed by atoms with E-state index in [1.165, 1.54) is 0 Å². The number of piperazine rings is 1. The molecule has 0 aromatic carbocycles. The maximum atomic E-state index is 13.2. The van der Waals surface area contributed by atoms with Gasteiger partial charge in [-0.05, 0) is 76.3 Å². The Morgan fingerprint density at radius 3 is 2.49 bits per heavy atom. The van der Waals surface area contributed by atoms with Gasteiger partial charge in [-0.3, -0.25) is 14.5 Å². The van der Waals surface area contributed by atoms with Crippen LogP contribution in [0.5, 0.6) is 0 Å². The Hall–Kier alpha value is -2.71. The van der Waals surface area contributed by atoms with Crippen LogP contribution in [0.3, 0.4) is 0 Å². The maximum absolute atomic E-state index is 13.2. The van der Waals surface area contributed by atoms with Crippen molar-refractivity contribution >= 4 is 29.3 Å². The van der Waals surface area contributed by atoms with E-state index in [0.717, 1.165) is 51.4 Å². The zero-order chi connectivity index (χ0) is 26.4. The van der Waals surface area contributed by atoms with Crippen LogP contribution in [0.25, 0.3) is 0 Å². The third-order valence-corrected chi connectivity index (χ3v) is 7.37. The summed E-state index contributed by atoms with van der Waals surface area (Å²) in [6, 6.07) is 9.34. The molecule has 2 saturated heterocycles. The lowest BCUT2D eigenvalue weighted by Crippen LogP contribution is -2.49. The maximum Gasteiger partial charge on any atom is 0.306 e. The first-order valence-corrected chi connectivity index (χ1v) is 13.6. The standard InChI is InChI=1S/C28H38ClN5O3/c1-28(2,3)37-26(35)19-21-9-13-34(27(36)22-7-11-30-24(29)18-22)20-23(21)8-12-32-14-16-33(17-15-32)25-6-4-5-10-31-25/h4-7,10-11,18,21,23H,8-9,12-17,19-20H2,1-3H3/t21-,23+/m1/s1. The summed E-state index contributed by atoms with van der Waals surface area (Å²) < 4.78 is 5.63. The third-order valence-electron chi connectivity index (χ3n) is 7.16. The van der Waals surface area contributed by atoms with E-state index in [1.54, 1.807) is 18.3 Å². The molecule has 0 bridgehead atoms. The number of nitrogens with zero attached hydrogens (tertiary/aromatic N) is 5. The first-order valence-electron chi connectivity index (χ1n) is 13.2. The highest BCUT2D eigenvalue weighted by Crippen LogP contribution is 2.31. The summed E-state index contributed by atoms with van der Waals surface area (Å²) in [5.74, 6) is 1.24. The Morgan fingerprint density at radius 1 is 1.03 bits per heavy atom. The van der Waals surface area contributed by atoms with Crippen molar-refractivity contribution in [3.8, 4) is 0 Å². The molecule has 2 aliphatic rings. The molecular weight excluding hydrogens is 490 g/mol. The van der Waals surface area contributed by atoms with Crippen LogP contribution < -0.4 is 4.90 Å². The van der Waals surface area contributed by atoms with Gasteiger partial charge in [-0.25, -0.2) is 9.97 Å². The minimum absolute atomic E-state index is 0.0333. The topological polar surface area (TPSA) is 78.9 Å². The van der Waals surface area contributed by atoms with Crippen molar-refractivity contribution in [1.82, 2.24) is 19.8 Å². The fourth-order valence-corrected chi connectivity index (χ4v) is 5.44. The van der Waals surface area contributed by atoms with Gasteiger partial charge in [-0.15, -0.1) is 0 Å². The van der Waals surface area contributed by atoms with Crippen molar-refractivity contribution in [2.24, 2.45) is 11.8 Å². The highest BCUT2D eigenvalue weighted by Gasteiger charge is 2.34. The van der Waals surface area contributed by atoms with Gasteiger partial charge in [-0.2, -0.15) is 0 Å². The van der Waals surface area contributed by atoms with Crippen LogP contribution >= 0.6 is 11.6 Å². The minimum Gasteiger partial charge on any atom is -0.460 e. The van der Waals surface area contributed by atoms with Gasteiger partial charge in [0.25, 0.3) is 5.91 Å². The normalized spacial score (nSPS) is 21.1. The van der Waals surface area contributed by atoms with Gasteiger partial charge in [0.15, 0.2) is 0 Å². The minimum atomic E-state index is -0.503. The van der Waals surface area contributed by atoms with Crippen LogP contribution in [0.1, 0.15) is 50.4 Å². The molecular formula is C28H38ClN5O3. The molecule has 8 nitrogen and oxygen atoms in total. The average molecular weight is 528 g/mol. The fourth-order valence-electron chi connectivity index (χ4n) is 5.27. The molecule has 1 amide bonds. The summed E-state index contributed by atoms with van der Waals surface area (Å²) in [6.07, 6.45) is 5.49. The number of pyridine rings is 2. The zero-order valence-electron chi connectivity index (χ0n) is 22.1. The monoisotopic (exact) mass is 527 g/mol. The predicted octanol–water partition coefficient (Wildman–Crippen LogP) is 4.15. The summed E-state index contributed by atoms with van der Waals surface area (Å²) in [4.78, 5) is 41.1. The van der Waals surface area contributed by atoms with Crippen LogP contribution in [0, 0.1) is 11.8 Å². The smallest absolute Gasteiger partial charge is 0.306 e. The number of halogens is 1. The number of aromatic nitrogens is 2. The van der Waals surface area contributed by atoms with Crippen LogP contribution in [0.4, 0.5) is 5.82 Å². The predicted molar refractivity (Wildman–Crippen MR) is 145 cm³/mol. The second-order valence-electron chi connectivity index (χ2n) is 11.0. The van der Waals surface area contributed by atoms with E-state index in [0.29, 0.717) is 30.2 Å². The molecule has 2 atom stereocenters. The van der Waals surface area contributed by atoms with Crippen molar-refractivity contribution in [2.45, 2.75) is 45.6 Å². The van der Waals surface area contributed by atoms with Crippen molar-refractivity contribution in [3.05, 3.63) is 53.4 Å². The van der Waals surface area contributed by atoms with Gasteiger partial charge < -0.3 is 14.5 Å².